The number of carbonyl (C=O) groups excluding carboxylic acids is 3. The number of anilines is 1. The number of benzene rings is 1. The van der Waals surface area contributed by atoms with E-state index in [1.54, 1.807) is 6.92 Å². The molecule has 3 aromatic rings. The number of carbonyl (C=O) groups is 3. The number of esters is 1. The first-order valence-corrected chi connectivity index (χ1v) is 10.4. The number of pyridine rings is 1. The topological polar surface area (TPSA) is 97.4 Å². The molecule has 30 heavy (non-hydrogen) atoms. The van der Waals surface area contributed by atoms with Crippen LogP contribution in [0.1, 0.15) is 33.4 Å². The molecule has 2 amide bonds. The third-order valence-electron chi connectivity index (χ3n) is 4.36. The maximum Gasteiger partial charge on any atom is 0.325 e. The van der Waals surface area contributed by atoms with Gasteiger partial charge in [0.15, 0.2) is 0 Å². The largest absolute Gasteiger partial charge is 0.465 e. The Morgan fingerprint density at radius 3 is 2.57 bits per heavy atom. The fraction of sp³-hybridized carbons (Fsp3) is 0.273. The lowest BCUT2D eigenvalue weighted by Crippen LogP contribution is -2.30. The number of nitrogens with zero attached hydrogens (tertiary/aromatic N) is 1. The van der Waals surface area contributed by atoms with E-state index in [0.717, 1.165) is 22.2 Å². The van der Waals surface area contributed by atoms with Crippen molar-refractivity contribution in [3.05, 3.63) is 58.1 Å². The first-order valence-electron chi connectivity index (χ1n) is 9.57. The van der Waals surface area contributed by atoms with Crippen LogP contribution in [0.25, 0.3) is 10.2 Å². The van der Waals surface area contributed by atoms with E-state index >= 15 is 0 Å². The number of amides is 2. The molecule has 0 aliphatic heterocycles. The zero-order valence-electron chi connectivity index (χ0n) is 17.1. The smallest absolute Gasteiger partial charge is 0.325 e. The monoisotopic (exact) mass is 425 g/mol. The summed E-state index contributed by atoms with van der Waals surface area (Å²) in [6, 6.07) is 11.3. The van der Waals surface area contributed by atoms with Gasteiger partial charge in [0, 0.05) is 11.1 Å². The summed E-state index contributed by atoms with van der Waals surface area (Å²) in [4.78, 5) is 42.6. The van der Waals surface area contributed by atoms with E-state index in [9.17, 15) is 14.4 Å². The lowest BCUT2D eigenvalue weighted by molar-refractivity contribution is -0.141. The normalized spacial score (nSPS) is 10.6. The van der Waals surface area contributed by atoms with Crippen LogP contribution in [0, 0.1) is 13.8 Å². The van der Waals surface area contributed by atoms with Crippen LogP contribution in [0.2, 0.25) is 0 Å². The van der Waals surface area contributed by atoms with Crippen LogP contribution in [-0.4, -0.2) is 35.9 Å². The van der Waals surface area contributed by atoms with Crippen molar-refractivity contribution >= 4 is 45.0 Å². The lowest BCUT2D eigenvalue weighted by atomic mass is 10.1. The van der Waals surface area contributed by atoms with Gasteiger partial charge in [-0.3, -0.25) is 14.4 Å². The van der Waals surface area contributed by atoms with Crippen molar-refractivity contribution in [3.63, 3.8) is 0 Å². The molecule has 0 spiro atoms. The van der Waals surface area contributed by atoms with Gasteiger partial charge in [-0.25, -0.2) is 4.98 Å². The fourth-order valence-corrected chi connectivity index (χ4v) is 4.30. The van der Waals surface area contributed by atoms with Crippen LogP contribution in [0.5, 0.6) is 0 Å². The van der Waals surface area contributed by atoms with Crippen molar-refractivity contribution in [3.8, 4) is 0 Å². The molecule has 2 heterocycles. The molecule has 0 atom stereocenters. The lowest BCUT2D eigenvalue weighted by Gasteiger charge is -2.09. The number of nitrogens with one attached hydrogen (secondary N) is 2. The summed E-state index contributed by atoms with van der Waals surface area (Å²) in [5, 5.41) is 6.18. The average Bonchev–Trinajstić information content (AvgIpc) is 3.05. The Balaban J connectivity index is 1.91. The van der Waals surface area contributed by atoms with Crippen LogP contribution >= 0.6 is 11.3 Å². The SMILES string of the molecule is CCOC(=O)CNC(=O)c1sc2nc(C)cc(C)c2c1NC(=O)Cc1ccccc1. The van der Waals surface area contributed by atoms with Crippen LogP contribution in [0.15, 0.2) is 36.4 Å². The molecule has 0 saturated heterocycles. The Kier molecular flexibility index (Phi) is 6.79. The van der Waals surface area contributed by atoms with E-state index in [0.29, 0.717) is 15.4 Å². The van der Waals surface area contributed by atoms with E-state index in [4.69, 9.17) is 4.74 Å². The molecule has 3 rings (SSSR count). The zero-order chi connectivity index (χ0) is 21.7. The number of rotatable bonds is 7. The molecule has 8 heteroatoms. The Labute approximate surface area is 178 Å². The van der Waals surface area contributed by atoms with Crippen molar-refractivity contribution in [2.45, 2.75) is 27.2 Å². The van der Waals surface area contributed by atoms with Gasteiger partial charge < -0.3 is 15.4 Å². The number of fused-ring (bicyclic) bond motifs is 1. The van der Waals surface area contributed by atoms with Crippen molar-refractivity contribution in [1.29, 1.82) is 0 Å². The summed E-state index contributed by atoms with van der Waals surface area (Å²) in [6.45, 7) is 5.48. The van der Waals surface area contributed by atoms with E-state index < -0.39 is 11.9 Å². The van der Waals surface area contributed by atoms with Crippen molar-refractivity contribution in [1.82, 2.24) is 10.3 Å². The number of hydrogen-bond donors (Lipinski definition) is 2. The average molecular weight is 426 g/mol. The highest BCUT2D eigenvalue weighted by Crippen LogP contribution is 2.37. The van der Waals surface area contributed by atoms with Crippen molar-refractivity contribution in [2.75, 3.05) is 18.5 Å². The van der Waals surface area contributed by atoms with Gasteiger partial charge in [0.2, 0.25) is 5.91 Å². The molecule has 1 aromatic carbocycles. The van der Waals surface area contributed by atoms with Crippen molar-refractivity contribution < 1.29 is 19.1 Å². The van der Waals surface area contributed by atoms with Gasteiger partial charge in [0.1, 0.15) is 16.3 Å². The minimum atomic E-state index is -0.522. The molecule has 156 valence electrons. The van der Waals surface area contributed by atoms with Crippen LogP contribution < -0.4 is 10.6 Å². The van der Waals surface area contributed by atoms with Gasteiger partial charge in [-0.2, -0.15) is 0 Å². The van der Waals surface area contributed by atoms with E-state index in [1.165, 1.54) is 11.3 Å². The highest BCUT2D eigenvalue weighted by molar-refractivity contribution is 7.21. The molecule has 0 radical (unpaired) electrons. The second-order valence-corrected chi connectivity index (χ2v) is 7.76. The Hall–Kier alpha value is -3.26. The van der Waals surface area contributed by atoms with E-state index in [-0.39, 0.29) is 25.5 Å². The predicted octanol–water partition coefficient (Wildman–Crippen LogP) is 3.39. The molecule has 0 aliphatic rings. The van der Waals surface area contributed by atoms with E-state index in [1.807, 2.05) is 50.2 Å². The first-order chi connectivity index (χ1) is 14.4. The second-order valence-electron chi connectivity index (χ2n) is 6.77. The molecule has 0 aliphatic carbocycles. The molecule has 2 N–H and O–H groups in total. The molecule has 0 bridgehead atoms. The number of aromatic nitrogens is 1. The zero-order valence-corrected chi connectivity index (χ0v) is 17.9. The third kappa shape index (κ3) is 5.01. The summed E-state index contributed by atoms with van der Waals surface area (Å²) in [5.74, 6) is -1.22. The second kappa shape index (κ2) is 9.49. The van der Waals surface area contributed by atoms with Gasteiger partial charge in [0.05, 0.1) is 18.7 Å². The highest BCUT2D eigenvalue weighted by atomic mass is 32.1. The Morgan fingerprint density at radius 2 is 1.87 bits per heavy atom. The highest BCUT2D eigenvalue weighted by Gasteiger charge is 2.23. The molecule has 7 nitrogen and oxygen atoms in total. The summed E-state index contributed by atoms with van der Waals surface area (Å²) < 4.78 is 4.85. The number of thiophene rings is 1. The maximum absolute atomic E-state index is 12.8. The van der Waals surface area contributed by atoms with E-state index in [2.05, 4.69) is 15.6 Å². The standard InChI is InChI=1S/C22H23N3O4S/c1-4-29-17(27)12-23-21(28)20-19(18-13(2)10-14(3)24-22(18)30-20)25-16(26)11-15-8-6-5-7-9-15/h5-10H,4,11-12H2,1-3H3,(H,23,28)(H,25,26). The Morgan fingerprint density at radius 1 is 1.13 bits per heavy atom. The predicted molar refractivity (Wildman–Crippen MR) is 117 cm³/mol. The van der Waals surface area contributed by atoms with Gasteiger partial charge in [0.25, 0.3) is 5.91 Å². The van der Waals surface area contributed by atoms with Crippen LogP contribution in [0.4, 0.5) is 5.69 Å². The molecular formula is C22H23N3O4S. The fourth-order valence-electron chi connectivity index (χ4n) is 3.13. The Bertz CT molecular complexity index is 1090. The maximum atomic E-state index is 12.8. The summed E-state index contributed by atoms with van der Waals surface area (Å²) in [7, 11) is 0. The minimum Gasteiger partial charge on any atom is -0.465 e. The van der Waals surface area contributed by atoms with Crippen LogP contribution in [0.3, 0.4) is 0 Å². The summed E-state index contributed by atoms with van der Waals surface area (Å²) >= 11 is 1.18. The molecular weight excluding hydrogens is 402 g/mol. The minimum absolute atomic E-state index is 0.181. The van der Waals surface area contributed by atoms with Crippen molar-refractivity contribution in [2.24, 2.45) is 0 Å². The number of aryl methyl sites for hydroxylation is 2. The molecule has 2 aromatic heterocycles. The number of ether oxygens (including phenoxy) is 1. The first kappa shape index (κ1) is 21.4. The van der Waals surface area contributed by atoms with Gasteiger partial charge in [-0.15, -0.1) is 11.3 Å². The van der Waals surface area contributed by atoms with Crippen LogP contribution in [-0.2, 0) is 20.7 Å². The van der Waals surface area contributed by atoms with Gasteiger partial charge in [-0.05, 0) is 38.0 Å². The molecule has 0 saturated carbocycles. The summed E-state index contributed by atoms with van der Waals surface area (Å²) in [5.41, 5.74) is 3.02. The van der Waals surface area contributed by atoms with Gasteiger partial charge >= 0.3 is 5.97 Å². The number of hydrogen-bond acceptors (Lipinski definition) is 6. The third-order valence-corrected chi connectivity index (χ3v) is 5.45. The quantitative estimate of drug-likeness (QED) is 0.566. The van der Waals surface area contributed by atoms with Gasteiger partial charge in [-0.1, -0.05) is 30.3 Å². The molecule has 0 unspecified atom stereocenters. The molecule has 0 fully saturated rings. The summed E-state index contributed by atoms with van der Waals surface area (Å²) in [6.07, 6.45) is 0.181.